The van der Waals surface area contributed by atoms with Gasteiger partial charge in [0.2, 0.25) is 5.91 Å². The highest BCUT2D eigenvalue weighted by Crippen LogP contribution is 2.34. The molecular weight excluding hydrogens is 462 g/mol. The fourth-order valence-corrected chi connectivity index (χ4v) is 5.29. The van der Waals surface area contributed by atoms with Gasteiger partial charge in [0, 0.05) is 32.3 Å². The number of anilines is 1. The summed E-state index contributed by atoms with van der Waals surface area (Å²) in [6.07, 6.45) is 4.49. The highest BCUT2D eigenvalue weighted by Gasteiger charge is 2.33. The number of thioether (sulfide) groups is 1. The lowest BCUT2D eigenvalue weighted by molar-refractivity contribution is -0.123. The number of thiocarbonyl (C=S) groups is 1. The number of aryl methyl sites for hydroxylation is 1. The Bertz CT molecular complexity index is 1220. The van der Waals surface area contributed by atoms with Crippen molar-refractivity contribution in [3.63, 3.8) is 0 Å². The molecule has 4 rings (SSSR count). The maximum atomic E-state index is 13.5. The predicted molar refractivity (Wildman–Crippen MR) is 132 cm³/mol. The molecule has 174 valence electrons. The number of carbonyl (C=O) groups is 2. The van der Waals surface area contributed by atoms with Crippen LogP contribution in [0.1, 0.15) is 24.0 Å². The van der Waals surface area contributed by atoms with Gasteiger partial charge in [0.05, 0.1) is 23.6 Å². The van der Waals surface area contributed by atoms with E-state index >= 15 is 0 Å². The zero-order chi connectivity index (χ0) is 23.7. The molecular formula is C22H25N5O4S2. The van der Waals surface area contributed by atoms with E-state index in [2.05, 4.69) is 0 Å². The van der Waals surface area contributed by atoms with Crippen LogP contribution in [0.15, 0.2) is 28.0 Å². The number of carbonyl (C=O) groups excluding carboxylic acids is 2. The number of fused-ring (bicyclic) bond motifs is 1. The van der Waals surface area contributed by atoms with Crippen LogP contribution in [0.3, 0.4) is 0 Å². The second kappa shape index (κ2) is 9.62. The number of pyridine rings is 1. The molecule has 9 nitrogen and oxygen atoms in total. The number of aromatic nitrogens is 2. The third-order valence-corrected chi connectivity index (χ3v) is 7.23. The minimum absolute atomic E-state index is 0.189. The number of hydrogen-bond acceptors (Lipinski definition) is 8. The summed E-state index contributed by atoms with van der Waals surface area (Å²) in [5.74, 6) is -0.259. The van der Waals surface area contributed by atoms with E-state index in [1.807, 2.05) is 17.9 Å². The molecule has 0 spiro atoms. The van der Waals surface area contributed by atoms with Crippen molar-refractivity contribution in [3.05, 3.63) is 44.7 Å². The lowest BCUT2D eigenvalue weighted by Gasteiger charge is -2.32. The van der Waals surface area contributed by atoms with Crippen molar-refractivity contribution < 1.29 is 14.3 Å². The lowest BCUT2D eigenvalue weighted by Crippen LogP contribution is -2.40. The van der Waals surface area contributed by atoms with Crippen LogP contribution in [0.2, 0.25) is 0 Å². The summed E-state index contributed by atoms with van der Waals surface area (Å²) in [6, 6.07) is 3.69. The molecule has 2 aliphatic rings. The van der Waals surface area contributed by atoms with Crippen LogP contribution in [0.4, 0.5) is 5.82 Å². The minimum atomic E-state index is -0.309. The van der Waals surface area contributed by atoms with Gasteiger partial charge in [-0.15, -0.1) is 0 Å². The largest absolute Gasteiger partial charge is 0.383 e. The van der Waals surface area contributed by atoms with Crippen LogP contribution >= 0.6 is 24.0 Å². The molecule has 2 aromatic heterocycles. The average Bonchev–Trinajstić information content (AvgIpc) is 3.06. The number of primary amides is 1. The number of nitrogens with zero attached hydrogens (tertiary/aromatic N) is 4. The summed E-state index contributed by atoms with van der Waals surface area (Å²) in [7, 11) is 1.56. The highest BCUT2D eigenvalue weighted by molar-refractivity contribution is 8.26. The Morgan fingerprint density at radius 1 is 1.33 bits per heavy atom. The first-order valence-corrected chi connectivity index (χ1v) is 11.8. The topological polar surface area (TPSA) is 110 Å². The molecule has 2 aromatic rings. The number of amides is 2. The summed E-state index contributed by atoms with van der Waals surface area (Å²) in [6.45, 7) is 3.68. The van der Waals surface area contributed by atoms with Gasteiger partial charge in [-0.25, -0.2) is 4.98 Å². The number of nitrogens with two attached hydrogens (primary N) is 1. The first-order chi connectivity index (χ1) is 15.8. The van der Waals surface area contributed by atoms with Gasteiger partial charge in [-0.3, -0.25) is 23.7 Å². The first kappa shape index (κ1) is 23.4. The van der Waals surface area contributed by atoms with Gasteiger partial charge < -0.3 is 15.4 Å². The van der Waals surface area contributed by atoms with E-state index in [4.69, 9.17) is 27.7 Å². The van der Waals surface area contributed by atoms with Crippen LogP contribution in [-0.4, -0.2) is 63.8 Å². The number of rotatable bonds is 6. The molecule has 0 saturated carbocycles. The third-order valence-electron chi connectivity index (χ3n) is 5.85. The number of hydrogen-bond donors (Lipinski definition) is 1. The van der Waals surface area contributed by atoms with Crippen molar-refractivity contribution in [1.29, 1.82) is 0 Å². The number of methoxy groups -OCH3 is 1. The smallest absolute Gasteiger partial charge is 0.267 e. The molecule has 0 aliphatic carbocycles. The van der Waals surface area contributed by atoms with Crippen LogP contribution < -0.4 is 16.2 Å². The summed E-state index contributed by atoms with van der Waals surface area (Å²) < 4.78 is 6.99. The summed E-state index contributed by atoms with van der Waals surface area (Å²) in [4.78, 5) is 46.7. The van der Waals surface area contributed by atoms with Crippen molar-refractivity contribution in [1.82, 2.24) is 14.3 Å². The van der Waals surface area contributed by atoms with Crippen LogP contribution in [-0.2, 0) is 14.3 Å². The monoisotopic (exact) mass is 487 g/mol. The Morgan fingerprint density at radius 2 is 2.06 bits per heavy atom. The van der Waals surface area contributed by atoms with Crippen LogP contribution in [0.5, 0.6) is 0 Å². The van der Waals surface area contributed by atoms with Gasteiger partial charge in [-0.2, -0.15) is 0 Å². The maximum absolute atomic E-state index is 13.5. The standard InChI is InChI=1S/C22H25N5O4S2/c1-13-3-4-17-24-19(25-7-5-14(6-8-25)18(23)28)15(20(29)27(17)12-13)11-16-21(30)26(9-10-31-2)22(32)33-16/h3-4,11-12,14H,5-10H2,1-2H3,(H2,23,28)/b16-11+. The average molecular weight is 488 g/mol. The summed E-state index contributed by atoms with van der Waals surface area (Å²) >= 11 is 6.53. The summed E-state index contributed by atoms with van der Waals surface area (Å²) in [5.41, 5.74) is 6.96. The normalized spacial score (nSPS) is 18.7. The molecule has 0 aromatic carbocycles. The Balaban J connectivity index is 1.79. The molecule has 33 heavy (non-hydrogen) atoms. The van der Waals surface area contributed by atoms with E-state index < -0.39 is 0 Å². The second-order valence-corrected chi connectivity index (χ2v) is 9.75. The molecule has 2 saturated heterocycles. The van der Waals surface area contributed by atoms with Crippen molar-refractivity contribution in [2.24, 2.45) is 11.7 Å². The predicted octanol–water partition coefficient (Wildman–Crippen LogP) is 1.55. The Kier molecular flexibility index (Phi) is 6.82. The van der Waals surface area contributed by atoms with E-state index in [1.54, 1.807) is 25.4 Å². The van der Waals surface area contributed by atoms with Gasteiger partial charge in [0.1, 0.15) is 15.8 Å². The van der Waals surface area contributed by atoms with E-state index in [0.717, 1.165) is 17.3 Å². The number of ether oxygens (including phenoxy) is 1. The van der Waals surface area contributed by atoms with Gasteiger partial charge >= 0.3 is 0 Å². The molecule has 2 N–H and O–H groups in total. The molecule has 2 amide bonds. The van der Waals surface area contributed by atoms with Gasteiger partial charge in [0.25, 0.3) is 11.5 Å². The van der Waals surface area contributed by atoms with Crippen LogP contribution in [0, 0.1) is 12.8 Å². The zero-order valence-electron chi connectivity index (χ0n) is 18.4. The molecule has 11 heteroatoms. The SMILES string of the molecule is COCCN1C(=O)/C(=C\c2c(N3CCC(C(N)=O)CC3)nc3ccc(C)cn3c2=O)SC1=S. The van der Waals surface area contributed by atoms with Crippen molar-refractivity contribution in [3.8, 4) is 0 Å². The van der Waals surface area contributed by atoms with Gasteiger partial charge in [-0.1, -0.05) is 30.0 Å². The van der Waals surface area contributed by atoms with Crippen LogP contribution in [0.25, 0.3) is 11.7 Å². The molecule has 0 unspecified atom stereocenters. The van der Waals surface area contributed by atoms with E-state index in [-0.39, 0.29) is 23.3 Å². The molecule has 0 radical (unpaired) electrons. The molecule has 2 aliphatic heterocycles. The Morgan fingerprint density at radius 3 is 2.73 bits per heavy atom. The fraction of sp³-hybridized carbons (Fsp3) is 0.409. The zero-order valence-corrected chi connectivity index (χ0v) is 20.1. The van der Waals surface area contributed by atoms with E-state index in [0.29, 0.717) is 65.3 Å². The Labute approximate surface area is 200 Å². The molecule has 0 bridgehead atoms. The van der Waals surface area contributed by atoms with Crippen molar-refractivity contribution in [2.75, 3.05) is 38.3 Å². The molecule has 2 fully saturated rings. The van der Waals surface area contributed by atoms with Gasteiger partial charge in [-0.05, 0) is 37.5 Å². The minimum Gasteiger partial charge on any atom is -0.383 e. The Hall–Kier alpha value is -2.76. The lowest BCUT2D eigenvalue weighted by atomic mass is 9.96. The van der Waals surface area contributed by atoms with Crippen molar-refractivity contribution >= 4 is 57.7 Å². The van der Waals surface area contributed by atoms with Gasteiger partial charge in [0.15, 0.2) is 0 Å². The summed E-state index contributed by atoms with van der Waals surface area (Å²) in [5, 5.41) is 0. The highest BCUT2D eigenvalue weighted by atomic mass is 32.2. The van der Waals surface area contributed by atoms with E-state index in [1.165, 1.54) is 9.30 Å². The van der Waals surface area contributed by atoms with Crippen molar-refractivity contribution in [2.45, 2.75) is 19.8 Å². The molecule has 0 atom stereocenters. The maximum Gasteiger partial charge on any atom is 0.267 e. The third kappa shape index (κ3) is 4.66. The first-order valence-electron chi connectivity index (χ1n) is 10.6. The second-order valence-electron chi connectivity index (χ2n) is 8.08. The fourth-order valence-electron chi connectivity index (χ4n) is 4.00. The number of piperidine rings is 1. The molecule has 4 heterocycles. The quantitative estimate of drug-likeness (QED) is 0.483. The van der Waals surface area contributed by atoms with E-state index in [9.17, 15) is 14.4 Å².